The Morgan fingerprint density at radius 2 is 1.93 bits per heavy atom. The molecular weight excluding hydrogens is 374 g/mol. The van der Waals surface area contributed by atoms with Crippen molar-refractivity contribution in [2.45, 2.75) is 31.7 Å². The zero-order valence-electron chi connectivity index (χ0n) is 15.8. The number of benzene rings is 2. The van der Waals surface area contributed by atoms with Gasteiger partial charge in [-0.1, -0.05) is 23.9 Å². The van der Waals surface area contributed by atoms with Crippen molar-refractivity contribution in [1.82, 2.24) is 9.97 Å². The van der Waals surface area contributed by atoms with Crippen LogP contribution in [0.5, 0.6) is 0 Å². The fourth-order valence-electron chi connectivity index (χ4n) is 2.70. The highest BCUT2D eigenvalue weighted by Crippen LogP contribution is 2.26. The Balaban J connectivity index is 1.40. The first kappa shape index (κ1) is 18.3. The van der Waals surface area contributed by atoms with Crippen LogP contribution in [0.2, 0.25) is 0 Å². The SMILES string of the molecule is Cc1ccc2oc(SCc3nc(C(=O)Nc4ccc(C)c(C)c4)co3)nc2c1. The highest BCUT2D eigenvalue weighted by molar-refractivity contribution is 7.98. The molecule has 1 amide bonds. The number of thioether (sulfide) groups is 1. The molecule has 2 heterocycles. The van der Waals surface area contributed by atoms with Gasteiger partial charge in [0.15, 0.2) is 11.3 Å². The van der Waals surface area contributed by atoms with E-state index < -0.39 is 0 Å². The number of nitrogens with one attached hydrogen (secondary N) is 1. The van der Waals surface area contributed by atoms with Gasteiger partial charge in [0.25, 0.3) is 11.1 Å². The summed E-state index contributed by atoms with van der Waals surface area (Å²) in [7, 11) is 0. The van der Waals surface area contributed by atoms with Gasteiger partial charge in [0.2, 0.25) is 5.89 Å². The smallest absolute Gasteiger partial charge is 0.277 e. The molecule has 0 fully saturated rings. The molecule has 0 radical (unpaired) electrons. The van der Waals surface area contributed by atoms with Crippen molar-refractivity contribution in [2.75, 3.05) is 5.32 Å². The van der Waals surface area contributed by atoms with E-state index in [0.29, 0.717) is 16.9 Å². The summed E-state index contributed by atoms with van der Waals surface area (Å²) >= 11 is 1.37. The van der Waals surface area contributed by atoms with Crippen molar-refractivity contribution in [1.29, 1.82) is 0 Å². The van der Waals surface area contributed by atoms with E-state index >= 15 is 0 Å². The maximum atomic E-state index is 12.4. The van der Waals surface area contributed by atoms with E-state index in [9.17, 15) is 4.79 Å². The predicted octanol–water partition coefficient (Wildman–Crippen LogP) is 5.29. The number of rotatable bonds is 5. The van der Waals surface area contributed by atoms with Crippen LogP contribution in [0, 0.1) is 20.8 Å². The molecule has 0 aliphatic rings. The van der Waals surface area contributed by atoms with Crippen LogP contribution in [0.15, 0.2) is 56.7 Å². The molecule has 0 unspecified atom stereocenters. The van der Waals surface area contributed by atoms with E-state index in [4.69, 9.17) is 8.83 Å². The third-order valence-electron chi connectivity index (χ3n) is 4.39. The summed E-state index contributed by atoms with van der Waals surface area (Å²) in [5.74, 6) is 0.553. The lowest BCUT2D eigenvalue weighted by Crippen LogP contribution is -2.12. The van der Waals surface area contributed by atoms with Gasteiger partial charge in [-0.05, 0) is 61.7 Å². The third kappa shape index (κ3) is 3.94. The molecule has 4 aromatic rings. The average Bonchev–Trinajstić information content (AvgIpc) is 3.29. The normalized spacial score (nSPS) is 11.1. The summed E-state index contributed by atoms with van der Waals surface area (Å²) in [5, 5.41) is 3.38. The molecule has 0 saturated heterocycles. The van der Waals surface area contributed by atoms with Gasteiger partial charge in [-0.3, -0.25) is 4.79 Å². The van der Waals surface area contributed by atoms with Crippen LogP contribution in [0.1, 0.15) is 33.1 Å². The molecule has 0 bridgehead atoms. The third-order valence-corrected chi connectivity index (χ3v) is 5.20. The van der Waals surface area contributed by atoms with E-state index in [0.717, 1.165) is 27.9 Å². The Morgan fingerprint density at radius 3 is 2.75 bits per heavy atom. The summed E-state index contributed by atoms with van der Waals surface area (Å²) in [5.41, 5.74) is 5.95. The Labute approximate surface area is 166 Å². The molecule has 6 nitrogen and oxygen atoms in total. The molecule has 0 spiro atoms. The van der Waals surface area contributed by atoms with Crippen molar-refractivity contribution in [3.05, 3.63) is 70.9 Å². The zero-order chi connectivity index (χ0) is 19.7. The van der Waals surface area contributed by atoms with Gasteiger partial charge in [0, 0.05) is 5.69 Å². The van der Waals surface area contributed by atoms with Crippen LogP contribution < -0.4 is 5.32 Å². The number of aromatic nitrogens is 2. The van der Waals surface area contributed by atoms with Crippen molar-refractivity contribution in [3.8, 4) is 0 Å². The molecule has 28 heavy (non-hydrogen) atoms. The van der Waals surface area contributed by atoms with Gasteiger partial charge < -0.3 is 14.2 Å². The van der Waals surface area contributed by atoms with Crippen LogP contribution in [-0.2, 0) is 5.75 Å². The minimum Gasteiger partial charge on any atom is -0.447 e. The number of anilines is 1. The first-order valence-corrected chi connectivity index (χ1v) is 9.79. The lowest BCUT2D eigenvalue weighted by molar-refractivity contribution is 0.102. The molecule has 0 atom stereocenters. The fraction of sp³-hybridized carbons (Fsp3) is 0.190. The number of fused-ring (bicyclic) bond motifs is 1. The molecule has 4 rings (SSSR count). The van der Waals surface area contributed by atoms with Crippen LogP contribution in [0.25, 0.3) is 11.1 Å². The number of amides is 1. The molecule has 142 valence electrons. The van der Waals surface area contributed by atoms with E-state index in [1.807, 2.05) is 57.2 Å². The number of carbonyl (C=O) groups excluding carboxylic acids is 1. The molecule has 2 aromatic carbocycles. The number of oxazole rings is 2. The second-order valence-electron chi connectivity index (χ2n) is 6.62. The Hall–Kier alpha value is -3.06. The minimum absolute atomic E-state index is 0.238. The van der Waals surface area contributed by atoms with E-state index in [1.54, 1.807) is 0 Å². The number of hydrogen-bond acceptors (Lipinski definition) is 6. The first-order chi connectivity index (χ1) is 13.5. The quantitative estimate of drug-likeness (QED) is 0.464. The van der Waals surface area contributed by atoms with Gasteiger partial charge in [0.05, 0.1) is 5.75 Å². The van der Waals surface area contributed by atoms with Crippen LogP contribution in [-0.4, -0.2) is 15.9 Å². The van der Waals surface area contributed by atoms with E-state index in [1.165, 1.54) is 23.6 Å². The van der Waals surface area contributed by atoms with Crippen molar-refractivity contribution in [2.24, 2.45) is 0 Å². The topological polar surface area (TPSA) is 81.2 Å². The van der Waals surface area contributed by atoms with Crippen LogP contribution >= 0.6 is 11.8 Å². The number of aryl methyl sites for hydroxylation is 3. The largest absolute Gasteiger partial charge is 0.447 e. The molecule has 0 aliphatic carbocycles. The second-order valence-corrected chi connectivity index (χ2v) is 7.55. The monoisotopic (exact) mass is 393 g/mol. The maximum absolute atomic E-state index is 12.4. The average molecular weight is 393 g/mol. The molecule has 1 N–H and O–H groups in total. The molecule has 0 saturated carbocycles. The van der Waals surface area contributed by atoms with Gasteiger partial charge >= 0.3 is 0 Å². The lowest BCUT2D eigenvalue weighted by atomic mass is 10.1. The Morgan fingerprint density at radius 1 is 1.07 bits per heavy atom. The zero-order valence-corrected chi connectivity index (χ0v) is 16.6. The summed E-state index contributed by atoms with van der Waals surface area (Å²) in [6, 6.07) is 11.6. The number of carbonyl (C=O) groups is 1. The summed E-state index contributed by atoms with van der Waals surface area (Å²) in [6.45, 7) is 6.04. The van der Waals surface area contributed by atoms with E-state index in [2.05, 4.69) is 15.3 Å². The highest BCUT2D eigenvalue weighted by atomic mass is 32.2. The highest BCUT2D eigenvalue weighted by Gasteiger charge is 2.14. The molecule has 2 aromatic heterocycles. The van der Waals surface area contributed by atoms with Crippen molar-refractivity contribution in [3.63, 3.8) is 0 Å². The molecular formula is C21H19N3O3S. The lowest BCUT2D eigenvalue weighted by Gasteiger charge is -2.05. The first-order valence-electron chi connectivity index (χ1n) is 8.81. The Kier molecular flexibility index (Phi) is 4.92. The summed E-state index contributed by atoms with van der Waals surface area (Å²) < 4.78 is 11.1. The number of nitrogens with zero attached hydrogens (tertiary/aromatic N) is 2. The fourth-order valence-corrected chi connectivity index (χ4v) is 3.39. The van der Waals surface area contributed by atoms with Gasteiger partial charge in [-0.15, -0.1) is 0 Å². The van der Waals surface area contributed by atoms with Crippen molar-refractivity contribution >= 4 is 34.5 Å². The van der Waals surface area contributed by atoms with Gasteiger partial charge in [0.1, 0.15) is 11.8 Å². The molecule has 0 aliphatic heterocycles. The number of hydrogen-bond donors (Lipinski definition) is 1. The molecule has 7 heteroatoms. The van der Waals surface area contributed by atoms with Gasteiger partial charge in [-0.25, -0.2) is 9.97 Å². The summed E-state index contributed by atoms with van der Waals surface area (Å²) in [4.78, 5) is 21.1. The maximum Gasteiger partial charge on any atom is 0.277 e. The van der Waals surface area contributed by atoms with Crippen LogP contribution in [0.3, 0.4) is 0 Å². The van der Waals surface area contributed by atoms with Crippen molar-refractivity contribution < 1.29 is 13.6 Å². The summed E-state index contributed by atoms with van der Waals surface area (Å²) in [6.07, 6.45) is 1.36. The predicted molar refractivity (Wildman–Crippen MR) is 109 cm³/mol. The Bertz CT molecular complexity index is 1160. The standard InChI is InChI=1S/C21H19N3O3S/c1-12-4-7-18-16(8-12)24-21(27-18)28-11-19-23-17(10-26-19)20(25)22-15-6-5-13(2)14(3)9-15/h4-10H,11H2,1-3H3,(H,22,25). The second kappa shape index (κ2) is 7.52. The minimum atomic E-state index is -0.305. The van der Waals surface area contributed by atoms with Crippen LogP contribution in [0.4, 0.5) is 5.69 Å². The van der Waals surface area contributed by atoms with Gasteiger partial charge in [-0.2, -0.15) is 0 Å². The van der Waals surface area contributed by atoms with E-state index in [-0.39, 0.29) is 11.6 Å².